The zero-order chi connectivity index (χ0) is 13.8. The minimum absolute atomic E-state index is 0.0276. The van der Waals surface area contributed by atoms with Crippen LogP contribution < -0.4 is 5.32 Å². The fourth-order valence-corrected chi connectivity index (χ4v) is 2.46. The van der Waals surface area contributed by atoms with Gasteiger partial charge in [-0.1, -0.05) is 12.1 Å². The third kappa shape index (κ3) is 3.09. The summed E-state index contributed by atoms with van der Waals surface area (Å²) in [6, 6.07) is 5.03. The minimum atomic E-state index is -0.370. The minimum Gasteiger partial charge on any atom is -0.394 e. The van der Waals surface area contributed by atoms with Crippen LogP contribution in [0.25, 0.3) is 0 Å². The van der Waals surface area contributed by atoms with Crippen LogP contribution in [-0.2, 0) is 0 Å². The number of aliphatic hydroxyl groups is 1. The highest BCUT2D eigenvalue weighted by Gasteiger charge is 2.23. The summed E-state index contributed by atoms with van der Waals surface area (Å²) in [4.78, 5) is 12.8. The van der Waals surface area contributed by atoms with Crippen LogP contribution in [0.2, 0.25) is 0 Å². The summed E-state index contributed by atoms with van der Waals surface area (Å²) in [5.41, 5.74) is 1.57. The van der Waals surface area contributed by atoms with Crippen molar-refractivity contribution in [2.75, 3.05) is 32.8 Å². The highest BCUT2D eigenvalue weighted by atomic mass is 16.6. The van der Waals surface area contributed by atoms with Crippen LogP contribution in [0.5, 0.6) is 0 Å². The van der Waals surface area contributed by atoms with Crippen molar-refractivity contribution in [2.24, 2.45) is 0 Å². The smallest absolute Gasteiger partial charge is 0.272 e. The molecule has 104 valence electrons. The molecule has 1 atom stereocenters. The molecule has 1 aromatic carbocycles. The van der Waals surface area contributed by atoms with Crippen molar-refractivity contribution in [3.63, 3.8) is 0 Å². The second kappa shape index (κ2) is 6.10. The maximum absolute atomic E-state index is 11.0. The predicted molar refractivity (Wildman–Crippen MR) is 72.1 cm³/mol. The van der Waals surface area contributed by atoms with E-state index < -0.39 is 0 Å². The van der Waals surface area contributed by atoms with Crippen LogP contribution in [0.4, 0.5) is 5.69 Å². The third-order valence-corrected chi connectivity index (χ3v) is 3.58. The van der Waals surface area contributed by atoms with Crippen molar-refractivity contribution in [3.05, 3.63) is 39.4 Å². The van der Waals surface area contributed by atoms with Crippen LogP contribution in [0.3, 0.4) is 0 Å². The van der Waals surface area contributed by atoms with E-state index in [0.29, 0.717) is 5.56 Å². The molecule has 0 bridgehead atoms. The van der Waals surface area contributed by atoms with Crippen LogP contribution in [0.1, 0.15) is 17.2 Å². The molecule has 6 nitrogen and oxygen atoms in total. The third-order valence-electron chi connectivity index (χ3n) is 3.58. The fraction of sp³-hybridized carbons (Fsp3) is 0.538. The van der Waals surface area contributed by atoms with E-state index in [2.05, 4.69) is 10.2 Å². The molecule has 0 spiro atoms. The zero-order valence-electron chi connectivity index (χ0n) is 11.0. The van der Waals surface area contributed by atoms with E-state index in [0.717, 1.165) is 31.7 Å². The predicted octanol–water partition coefficient (Wildman–Crippen LogP) is 0.842. The first-order valence-corrected chi connectivity index (χ1v) is 6.44. The van der Waals surface area contributed by atoms with Crippen molar-refractivity contribution in [3.8, 4) is 0 Å². The van der Waals surface area contributed by atoms with Gasteiger partial charge in [-0.05, 0) is 12.5 Å². The first-order chi connectivity index (χ1) is 9.13. The largest absolute Gasteiger partial charge is 0.394 e. The lowest BCUT2D eigenvalue weighted by Crippen LogP contribution is -2.46. The van der Waals surface area contributed by atoms with Crippen molar-refractivity contribution < 1.29 is 10.0 Å². The van der Waals surface area contributed by atoms with Crippen LogP contribution >= 0.6 is 0 Å². The maximum Gasteiger partial charge on any atom is 0.272 e. The standard InChI is InChI=1S/C13H19N3O3/c1-10-2-3-11(8-12(10)16(18)19)13(9-17)15-6-4-14-5-7-15/h2-3,8,13-14,17H,4-7,9H2,1H3/t13-/m0/s1. The summed E-state index contributed by atoms with van der Waals surface area (Å²) in [7, 11) is 0. The molecule has 0 amide bonds. The van der Waals surface area contributed by atoms with Crippen molar-refractivity contribution in [1.29, 1.82) is 0 Å². The molecule has 1 heterocycles. The Balaban J connectivity index is 2.27. The Kier molecular flexibility index (Phi) is 4.47. The molecule has 1 aliphatic heterocycles. The summed E-state index contributed by atoms with van der Waals surface area (Å²) < 4.78 is 0. The molecule has 2 rings (SSSR count). The topological polar surface area (TPSA) is 78.6 Å². The first-order valence-electron chi connectivity index (χ1n) is 6.44. The number of nitrogens with one attached hydrogen (secondary N) is 1. The van der Waals surface area contributed by atoms with E-state index in [1.165, 1.54) is 0 Å². The van der Waals surface area contributed by atoms with Gasteiger partial charge in [-0.15, -0.1) is 0 Å². The number of hydrogen-bond donors (Lipinski definition) is 2. The second-order valence-electron chi connectivity index (χ2n) is 4.79. The number of nitrogens with zero attached hydrogens (tertiary/aromatic N) is 2. The molecule has 0 aliphatic carbocycles. The number of hydrogen-bond acceptors (Lipinski definition) is 5. The van der Waals surface area contributed by atoms with E-state index in [4.69, 9.17) is 0 Å². The maximum atomic E-state index is 11.0. The molecule has 0 aromatic heterocycles. The van der Waals surface area contributed by atoms with Gasteiger partial charge in [0.15, 0.2) is 0 Å². The highest BCUT2D eigenvalue weighted by molar-refractivity contribution is 5.43. The lowest BCUT2D eigenvalue weighted by Gasteiger charge is -2.34. The number of benzene rings is 1. The van der Waals surface area contributed by atoms with Gasteiger partial charge < -0.3 is 10.4 Å². The van der Waals surface area contributed by atoms with E-state index in [1.54, 1.807) is 19.1 Å². The molecule has 0 radical (unpaired) electrons. The molecule has 1 aromatic rings. The summed E-state index contributed by atoms with van der Waals surface area (Å²) in [6.45, 7) is 5.13. The quantitative estimate of drug-likeness (QED) is 0.623. The van der Waals surface area contributed by atoms with Gasteiger partial charge in [0.1, 0.15) is 0 Å². The van der Waals surface area contributed by atoms with Crippen molar-refractivity contribution in [2.45, 2.75) is 13.0 Å². The summed E-state index contributed by atoms with van der Waals surface area (Å²) in [5, 5.41) is 23.8. The SMILES string of the molecule is Cc1ccc([C@H](CO)N2CCNCC2)cc1[N+](=O)[O-]. The Hall–Kier alpha value is -1.50. The van der Waals surface area contributed by atoms with E-state index in [-0.39, 0.29) is 23.3 Å². The zero-order valence-corrected chi connectivity index (χ0v) is 11.0. The molecule has 6 heteroatoms. The molecule has 1 saturated heterocycles. The average molecular weight is 265 g/mol. The molecule has 2 N–H and O–H groups in total. The first kappa shape index (κ1) is 13.9. The normalized spacial score (nSPS) is 18.2. The molecule has 1 aliphatic rings. The number of nitro groups is 1. The number of aliphatic hydroxyl groups excluding tert-OH is 1. The Morgan fingerprint density at radius 3 is 2.74 bits per heavy atom. The molecular weight excluding hydrogens is 246 g/mol. The van der Waals surface area contributed by atoms with Crippen molar-refractivity contribution in [1.82, 2.24) is 10.2 Å². The summed E-state index contributed by atoms with van der Waals surface area (Å²) in [5.74, 6) is 0. The lowest BCUT2D eigenvalue weighted by atomic mass is 10.0. The number of nitro benzene ring substituents is 1. The molecule has 0 unspecified atom stereocenters. The average Bonchev–Trinajstić information content (AvgIpc) is 2.42. The van der Waals surface area contributed by atoms with Gasteiger partial charge in [-0.3, -0.25) is 15.0 Å². The monoisotopic (exact) mass is 265 g/mol. The molecule has 19 heavy (non-hydrogen) atoms. The Labute approximate surface area is 112 Å². The number of aryl methyl sites for hydroxylation is 1. The summed E-state index contributed by atoms with van der Waals surface area (Å²) in [6.07, 6.45) is 0. The van der Waals surface area contributed by atoms with Gasteiger partial charge >= 0.3 is 0 Å². The highest BCUT2D eigenvalue weighted by Crippen LogP contribution is 2.26. The Morgan fingerprint density at radius 2 is 2.16 bits per heavy atom. The van der Waals surface area contributed by atoms with Gasteiger partial charge in [0.05, 0.1) is 17.6 Å². The molecule has 0 saturated carbocycles. The summed E-state index contributed by atoms with van der Waals surface area (Å²) >= 11 is 0. The van der Waals surface area contributed by atoms with Crippen molar-refractivity contribution >= 4 is 5.69 Å². The van der Waals surface area contributed by atoms with Gasteiger partial charge in [-0.2, -0.15) is 0 Å². The van der Waals surface area contributed by atoms with Crippen LogP contribution in [0, 0.1) is 17.0 Å². The molecule has 1 fully saturated rings. The van der Waals surface area contributed by atoms with E-state index >= 15 is 0 Å². The van der Waals surface area contributed by atoms with Gasteiger partial charge in [0.25, 0.3) is 5.69 Å². The number of rotatable bonds is 4. The Bertz CT molecular complexity index is 458. The second-order valence-corrected chi connectivity index (χ2v) is 4.79. The van der Waals surface area contributed by atoms with Crippen LogP contribution in [-0.4, -0.2) is 47.7 Å². The van der Waals surface area contributed by atoms with E-state index in [1.807, 2.05) is 6.07 Å². The Morgan fingerprint density at radius 1 is 1.47 bits per heavy atom. The molecular formula is C13H19N3O3. The van der Waals surface area contributed by atoms with E-state index in [9.17, 15) is 15.2 Å². The van der Waals surface area contributed by atoms with Gasteiger partial charge in [0.2, 0.25) is 0 Å². The van der Waals surface area contributed by atoms with Gasteiger partial charge in [-0.25, -0.2) is 0 Å². The number of piperazine rings is 1. The lowest BCUT2D eigenvalue weighted by molar-refractivity contribution is -0.385. The van der Waals surface area contributed by atoms with Gasteiger partial charge in [0, 0.05) is 37.8 Å². The van der Waals surface area contributed by atoms with Crippen LogP contribution in [0.15, 0.2) is 18.2 Å². The fourth-order valence-electron chi connectivity index (χ4n) is 2.46.